The molecule has 2 atom stereocenters. The Bertz CT molecular complexity index is 1920. The minimum Gasteiger partial charge on any atom is -0.503 e. The van der Waals surface area contributed by atoms with E-state index < -0.39 is 11.2 Å². The highest BCUT2D eigenvalue weighted by Crippen LogP contribution is 2.34. The molecule has 15 heteroatoms. The van der Waals surface area contributed by atoms with Gasteiger partial charge in [0.1, 0.15) is 17.4 Å². The maximum Gasteiger partial charge on any atom is 0.306 e. The summed E-state index contributed by atoms with van der Waals surface area (Å²) in [7, 11) is 3.28. The van der Waals surface area contributed by atoms with Crippen molar-refractivity contribution in [2.24, 2.45) is 11.8 Å². The van der Waals surface area contributed by atoms with Gasteiger partial charge in [-0.25, -0.2) is 4.39 Å². The van der Waals surface area contributed by atoms with Crippen molar-refractivity contribution in [1.82, 2.24) is 25.0 Å². The van der Waals surface area contributed by atoms with Gasteiger partial charge in [0.2, 0.25) is 5.43 Å². The summed E-state index contributed by atoms with van der Waals surface area (Å²) in [6, 6.07) is 15.9. The number of amides is 1. The number of esters is 1. The highest BCUT2D eigenvalue weighted by Gasteiger charge is 2.39. The van der Waals surface area contributed by atoms with Crippen molar-refractivity contribution in [2.45, 2.75) is 70.2 Å². The van der Waals surface area contributed by atoms with Crippen LogP contribution >= 0.6 is 23.7 Å². The van der Waals surface area contributed by atoms with Crippen molar-refractivity contribution < 1.29 is 33.3 Å². The molecule has 4 aromatic rings. The van der Waals surface area contributed by atoms with Crippen LogP contribution in [0.1, 0.15) is 65.1 Å². The van der Waals surface area contributed by atoms with Gasteiger partial charge in [-0.2, -0.15) is 0 Å². The van der Waals surface area contributed by atoms with Gasteiger partial charge < -0.3 is 34.1 Å². The number of aromatic hydroxyl groups is 1. The fraction of sp³-hybridized carbons (Fsp3) is 0.475. The van der Waals surface area contributed by atoms with Gasteiger partial charge in [-0.15, -0.1) is 22.6 Å². The molecule has 296 valence electrons. The van der Waals surface area contributed by atoms with Gasteiger partial charge in [-0.1, -0.05) is 53.8 Å². The van der Waals surface area contributed by atoms with Crippen LogP contribution in [0.15, 0.2) is 65.6 Å². The lowest BCUT2D eigenvalue weighted by Crippen LogP contribution is -2.51. The molecule has 0 saturated heterocycles. The van der Waals surface area contributed by atoms with Crippen LogP contribution in [0.2, 0.25) is 0 Å². The first-order valence-corrected chi connectivity index (χ1v) is 19.3. The molecule has 2 aromatic carbocycles. The molecule has 0 bridgehead atoms. The van der Waals surface area contributed by atoms with E-state index in [-0.39, 0.29) is 53.4 Å². The minimum absolute atomic E-state index is 0. The maximum absolute atomic E-state index is 13.2. The number of carbonyl (C=O) groups is 2. The van der Waals surface area contributed by atoms with Crippen LogP contribution in [0, 0.1) is 17.7 Å². The number of hydrogen-bond acceptors (Lipinski definition) is 11. The van der Waals surface area contributed by atoms with E-state index in [4.69, 9.17) is 14.2 Å². The van der Waals surface area contributed by atoms with Crippen molar-refractivity contribution in [3.63, 3.8) is 0 Å². The second kappa shape index (κ2) is 20.1. The molecule has 1 amide bonds. The molecule has 2 aliphatic carbocycles. The molecule has 0 unspecified atom stereocenters. The summed E-state index contributed by atoms with van der Waals surface area (Å²) in [5.74, 6) is -0.0853. The average Bonchev–Trinajstić information content (AvgIpc) is 4.12. The van der Waals surface area contributed by atoms with E-state index in [1.807, 2.05) is 30.3 Å². The molecule has 3 heterocycles. The summed E-state index contributed by atoms with van der Waals surface area (Å²) in [5.41, 5.74) is 1.45. The summed E-state index contributed by atoms with van der Waals surface area (Å²) in [6.07, 6.45) is 8.02. The highest BCUT2D eigenvalue weighted by molar-refractivity contribution is 7.14. The van der Waals surface area contributed by atoms with E-state index in [0.29, 0.717) is 61.7 Å². The van der Waals surface area contributed by atoms with E-state index in [1.54, 1.807) is 42.0 Å². The van der Waals surface area contributed by atoms with Gasteiger partial charge in [-0.05, 0) is 73.7 Å². The van der Waals surface area contributed by atoms with Crippen LogP contribution in [0.25, 0.3) is 10.6 Å². The zero-order valence-corrected chi connectivity index (χ0v) is 32.8. The first kappa shape index (κ1) is 41.9. The Morgan fingerprint density at radius 3 is 2.40 bits per heavy atom. The monoisotopic (exact) mass is 797 g/mol. The first-order chi connectivity index (χ1) is 26.2. The number of pyridine rings is 1. The zero-order valence-electron chi connectivity index (χ0n) is 31.2. The first-order valence-electron chi connectivity index (χ1n) is 18.5. The summed E-state index contributed by atoms with van der Waals surface area (Å²) in [6.45, 7) is 3.39. The highest BCUT2D eigenvalue weighted by atomic mass is 35.5. The van der Waals surface area contributed by atoms with Crippen LogP contribution < -0.4 is 10.7 Å². The van der Waals surface area contributed by atoms with Gasteiger partial charge in [-0.3, -0.25) is 14.4 Å². The van der Waals surface area contributed by atoms with Gasteiger partial charge in [0, 0.05) is 52.4 Å². The van der Waals surface area contributed by atoms with E-state index in [1.165, 1.54) is 36.3 Å². The Kier molecular flexibility index (Phi) is 15.3. The predicted molar refractivity (Wildman–Crippen MR) is 209 cm³/mol. The van der Waals surface area contributed by atoms with Crippen molar-refractivity contribution in [3.8, 4) is 16.3 Å². The van der Waals surface area contributed by atoms with Crippen LogP contribution in [0.3, 0.4) is 0 Å². The average molecular weight is 798 g/mol. The molecule has 0 radical (unpaired) electrons. The summed E-state index contributed by atoms with van der Waals surface area (Å²) in [5, 5.41) is 23.5. The number of aromatic nitrogens is 3. The summed E-state index contributed by atoms with van der Waals surface area (Å²) >= 11 is 1.23. The van der Waals surface area contributed by atoms with Crippen LogP contribution in [0.5, 0.6) is 5.75 Å². The number of halogens is 2. The van der Waals surface area contributed by atoms with Gasteiger partial charge in [0.05, 0.1) is 24.8 Å². The number of rotatable bonds is 17. The number of nitrogens with zero attached hydrogens (tertiary/aromatic N) is 4. The lowest BCUT2D eigenvalue weighted by atomic mass is 10.1. The number of methoxy groups -OCH3 is 2. The van der Waals surface area contributed by atoms with E-state index >= 15 is 0 Å². The number of benzene rings is 2. The molecule has 2 fully saturated rings. The van der Waals surface area contributed by atoms with E-state index in [9.17, 15) is 23.9 Å². The molecule has 12 nitrogen and oxygen atoms in total. The Labute approximate surface area is 330 Å². The fourth-order valence-electron chi connectivity index (χ4n) is 6.36. The smallest absolute Gasteiger partial charge is 0.306 e. The quantitative estimate of drug-likeness (QED) is 0.129. The molecular formula is C40H49ClFN5O7S. The molecule has 2 saturated carbocycles. The molecule has 7 rings (SSSR count). The molecule has 2 aromatic heterocycles. The fourth-order valence-corrected chi connectivity index (χ4v) is 7.24. The van der Waals surface area contributed by atoms with Gasteiger partial charge in [0.25, 0.3) is 5.91 Å². The predicted octanol–water partition coefficient (Wildman–Crippen LogP) is 5.63. The minimum atomic E-state index is -0.643. The molecule has 2 N–H and O–H groups in total. The van der Waals surface area contributed by atoms with Gasteiger partial charge in [0.15, 0.2) is 16.5 Å². The van der Waals surface area contributed by atoms with Crippen LogP contribution in [-0.2, 0) is 38.6 Å². The topological polar surface area (TPSA) is 145 Å². The van der Waals surface area contributed by atoms with Gasteiger partial charge >= 0.3 is 5.97 Å². The number of ether oxygens (including phenoxy) is 3. The second-order valence-corrected chi connectivity index (χ2v) is 15.3. The van der Waals surface area contributed by atoms with Crippen molar-refractivity contribution in [1.29, 1.82) is 0 Å². The number of hydrogen-bond donors (Lipinski definition) is 2. The lowest BCUT2D eigenvalue weighted by molar-refractivity contribution is -0.145. The Morgan fingerprint density at radius 2 is 1.73 bits per heavy atom. The SMILES string of the molecule is COC[C@@H]1Cn2cc(-c3nnc(Cc4ccc(F)cc4)s3)c(=O)c(O)c2C(=O)N1CC1CC1.COC[C@H](CCC(=O)OCc1ccccc1)NCC1CC1.Cl. The van der Waals surface area contributed by atoms with Crippen molar-refractivity contribution in [2.75, 3.05) is 40.5 Å². The third kappa shape index (κ3) is 11.9. The molecule has 3 aliphatic rings. The second-order valence-electron chi connectivity index (χ2n) is 14.2. The molecular weight excluding hydrogens is 749 g/mol. The number of carbonyl (C=O) groups excluding carboxylic acids is 2. The Balaban J connectivity index is 0.000000229. The van der Waals surface area contributed by atoms with Crippen LogP contribution in [0.4, 0.5) is 4.39 Å². The maximum atomic E-state index is 13.2. The largest absolute Gasteiger partial charge is 0.503 e. The summed E-state index contributed by atoms with van der Waals surface area (Å²) < 4.78 is 30.6. The molecule has 1 aliphatic heterocycles. The normalized spacial score (nSPS) is 16.7. The summed E-state index contributed by atoms with van der Waals surface area (Å²) in [4.78, 5) is 39.7. The molecule has 0 spiro atoms. The van der Waals surface area contributed by atoms with E-state index in [2.05, 4.69) is 15.5 Å². The number of nitrogens with one attached hydrogen (secondary N) is 1. The standard InChI is InChI=1S/C23H23FN4O4S.C17H25NO3.ClH/c1-32-12-16-10-27-11-17(20(29)21(30)19(27)23(31)28(16)9-14-2-3-14)22-26-25-18(33-22)8-13-4-6-15(24)7-5-13;1-20-13-16(18-11-14-7-8-14)9-10-17(19)21-12-15-5-3-2-4-6-15;/h4-7,11,14,16,30H,2-3,8-10,12H2,1H3;2-6,14,16,18H,7-13H2,1H3;1H/t2*16-;/m00./s1. The van der Waals surface area contributed by atoms with E-state index in [0.717, 1.165) is 42.9 Å². The van der Waals surface area contributed by atoms with Crippen LogP contribution in [-0.4, -0.2) is 89.3 Å². The third-order valence-electron chi connectivity index (χ3n) is 9.74. The Hall–Kier alpha value is -4.21. The zero-order chi connectivity index (χ0) is 38.0. The molecule has 55 heavy (non-hydrogen) atoms. The lowest BCUT2D eigenvalue weighted by Gasteiger charge is -2.37. The number of fused-ring (bicyclic) bond motifs is 1. The van der Waals surface area contributed by atoms with Crippen molar-refractivity contribution >= 4 is 35.6 Å². The Morgan fingerprint density at radius 1 is 1.00 bits per heavy atom. The van der Waals surface area contributed by atoms with Crippen molar-refractivity contribution in [3.05, 3.63) is 98.7 Å². The third-order valence-corrected chi connectivity index (χ3v) is 10.7.